The smallest absolute Gasteiger partial charge is 0.242 e. The van der Waals surface area contributed by atoms with Crippen LogP contribution in [-0.2, 0) is 14.8 Å². The number of nitrogen functional groups attached to an aromatic ring is 1. The highest BCUT2D eigenvalue weighted by Gasteiger charge is 2.23. The Morgan fingerprint density at radius 1 is 1.45 bits per heavy atom. The van der Waals surface area contributed by atoms with Crippen molar-refractivity contribution < 1.29 is 13.2 Å². The van der Waals surface area contributed by atoms with E-state index in [1.54, 1.807) is 13.8 Å². The predicted molar refractivity (Wildman–Crippen MR) is 76.5 cm³/mol. The number of nitrogens with one attached hydrogen (secondary N) is 1. The predicted octanol–water partition coefficient (Wildman–Crippen LogP) is 1.23. The van der Waals surface area contributed by atoms with Crippen molar-refractivity contribution in [3.63, 3.8) is 0 Å². The van der Waals surface area contributed by atoms with Crippen LogP contribution in [0.25, 0.3) is 0 Å². The van der Waals surface area contributed by atoms with Crippen LogP contribution in [0.4, 0.5) is 5.69 Å². The zero-order valence-electron chi connectivity index (χ0n) is 11.8. The Balaban J connectivity index is 2.93. The van der Waals surface area contributed by atoms with Gasteiger partial charge >= 0.3 is 0 Å². The molecule has 20 heavy (non-hydrogen) atoms. The molecule has 6 nitrogen and oxygen atoms in total. The first kappa shape index (κ1) is 16.4. The quantitative estimate of drug-likeness (QED) is 0.768. The van der Waals surface area contributed by atoms with E-state index >= 15 is 0 Å². The lowest BCUT2D eigenvalue weighted by atomic mass is 10.1. The molecule has 1 aromatic rings. The molecule has 0 fully saturated rings. The largest absolute Gasteiger partial charge is 0.398 e. The monoisotopic (exact) mass is 297 g/mol. The van der Waals surface area contributed by atoms with Crippen molar-refractivity contribution in [2.45, 2.75) is 31.3 Å². The number of nitrogens with two attached hydrogens (primary N) is 1. The average Bonchev–Trinajstić information content (AvgIpc) is 2.36. The highest BCUT2D eigenvalue weighted by atomic mass is 32.2. The van der Waals surface area contributed by atoms with Crippen molar-refractivity contribution in [2.75, 3.05) is 18.9 Å². The number of ether oxygens (including phenoxy) is 1. The molecule has 0 aromatic heterocycles. The minimum absolute atomic E-state index is 0.0381. The molecule has 3 N–H and O–H groups in total. The molecule has 0 saturated carbocycles. The zero-order valence-corrected chi connectivity index (χ0v) is 12.6. The Morgan fingerprint density at radius 2 is 2.10 bits per heavy atom. The van der Waals surface area contributed by atoms with Gasteiger partial charge in [-0.2, -0.15) is 5.26 Å². The summed E-state index contributed by atoms with van der Waals surface area (Å²) in [5, 5.41) is 8.74. The lowest BCUT2D eigenvalue weighted by Crippen LogP contribution is -2.40. The third-order valence-electron chi connectivity index (χ3n) is 2.65. The fourth-order valence-corrected chi connectivity index (χ4v) is 2.96. The molecule has 1 aromatic carbocycles. The van der Waals surface area contributed by atoms with Crippen LogP contribution in [0.5, 0.6) is 0 Å². The van der Waals surface area contributed by atoms with E-state index in [1.165, 1.54) is 18.2 Å². The van der Waals surface area contributed by atoms with E-state index in [4.69, 9.17) is 15.7 Å². The van der Waals surface area contributed by atoms with Gasteiger partial charge in [-0.3, -0.25) is 0 Å². The number of rotatable bonds is 6. The van der Waals surface area contributed by atoms with Crippen LogP contribution in [0, 0.1) is 11.3 Å². The van der Waals surface area contributed by atoms with Gasteiger partial charge in [0.2, 0.25) is 10.0 Å². The third-order valence-corrected chi connectivity index (χ3v) is 4.13. The minimum Gasteiger partial charge on any atom is -0.398 e. The maximum Gasteiger partial charge on any atom is 0.242 e. The molecule has 1 rings (SSSR count). The van der Waals surface area contributed by atoms with Gasteiger partial charge < -0.3 is 10.5 Å². The second kappa shape index (κ2) is 6.22. The molecule has 0 unspecified atom stereocenters. The Hall–Kier alpha value is -1.62. The Labute approximate surface area is 119 Å². The molecular weight excluding hydrogens is 278 g/mol. The van der Waals surface area contributed by atoms with Crippen molar-refractivity contribution in [3.8, 4) is 6.07 Å². The van der Waals surface area contributed by atoms with Gasteiger partial charge in [-0.05, 0) is 39.0 Å². The summed E-state index contributed by atoms with van der Waals surface area (Å²) in [7, 11) is -3.73. The van der Waals surface area contributed by atoms with E-state index in [0.29, 0.717) is 12.2 Å². The molecule has 0 aliphatic rings. The molecule has 0 bridgehead atoms. The van der Waals surface area contributed by atoms with E-state index in [-0.39, 0.29) is 17.1 Å². The molecular formula is C13H19N3O3S. The molecule has 0 heterocycles. The molecule has 0 radical (unpaired) electrons. The van der Waals surface area contributed by atoms with Gasteiger partial charge in [0.15, 0.2) is 0 Å². The number of anilines is 1. The van der Waals surface area contributed by atoms with Gasteiger partial charge in [-0.1, -0.05) is 0 Å². The number of sulfonamides is 1. The highest BCUT2D eigenvalue weighted by Crippen LogP contribution is 2.20. The van der Waals surface area contributed by atoms with E-state index in [2.05, 4.69) is 4.72 Å². The average molecular weight is 297 g/mol. The first-order valence-electron chi connectivity index (χ1n) is 6.15. The fourth-order valence-electron chi connectivity index (χ4n) is 1.65. The Bertz CT molecular complexity index is 618. The third kappa shape index (κ3) is 4.20. The van der Waals surface area contributed by atoms with Crippen LogP contribution >= 0.6 is 0 Å². The summed E-state index contributed by atoms with van der Waals surface area (Å²) in [6.07, 6.45) is 0. The standard InChI is InChI=1S/C13H19N3O3S/c1-4-19-13(2,3)9-16-20(17,18)12-6-5-10(8-14)7-11(12)15/h5-7,16H,4,9,15H2,1-3H3. The molecule has 0 spiro atoms. The van der Waals surface area contributed by atoms with Gasteiger partial charge in [-0.15, -0.1) is 0 Å². The van der Waals surface area contributed by atoms with Crippen LogP contribution in [0.3, 0.4) is 0 Å². The molecule has 0 aliphatic carbocycles. The summed E-state index contributed by atoms with van der Waals surface area (Å²) in [4.78, 5) is -0.0381. The molecule has 0 amide bonds. The maximum atomic E-state index is 12.2. The first-order chi connectivity index (χ1) is 9.22. The van der Waals surface area contributed by atoms with Gasteiger partial charge in [0, 0.05) is 13.2 Å². The van der Waals surface area contributed by atoms with Crippen LogP contribution in [-0.4, -0.2) is 27.2 Å². The summed E-state index contributed by atoms with van der Waals surface area (Å²) in [5.74, 6) is 0. The lowest BCUT2D eigenvalue weighted by molar-refractivity contribution is -0.00514. The SMILES string of the molecule is CCOC(C)(C)CNS(=O)(=O)c1ccc(C#N)cc1N. The summed E-state index contributed by atoms with van der Waals surface area (Å²) in [6.45, 7) is 6.05. The van der Waals surface area contributed by atoms with Crippen molar-refractivity contribution in [1.29, 1.82) is 5.26 Å². The maximum absolute atomic E-state index is 12.2. The topological polar surface area (TPSA) is 105 Å². The molecule has 110 valence electrons. The number of nitriles is 1. The highest BCUT2D eigenvalue weighted by molar-refractivity contribution is 7.89. The number of hydrogen-bond acceptors (Lipinski definition) is 5. The Morgan fingerprint density at radius 3 is 2.60 bits per heavy atom. The molecule has 0 aliphatic heterocycles. The van der Waals surface area contributed by atoms with Crippen molar-refractivity contribution in [3.05, 3.63) is 23.8 Å². The van der Waals surface area contributed by atoms with Crippen LogP contribution in [0.15, 0.2) is 23.1 Å². The summed E-state index contributed by atoms with van der Waals surface area (Å²) in [6, 6.07) is 5.98. The molecule has 0 saturated heterocycles. The first-order valence-corrected chi connectivity index (χ1v) is 7.63. The zero-order chi connectivity index (χ0) is 15.4. The Kier molecular flexibility index (Phi) is 5.11. The van der Waals surface area contributed by atoms with Crippen molar-refractivity contribution in [1.82, 2.24) is 4.72 Å². The van der Waals surface area contributed by atoms with Gasteiger partial charge in [0.05, 0.1) is 22.9 Å². The van der Waals surface area contributed by atoms with Gasteiger partial charge in [0.25, 0.3) is 0 Å². The van der Waals surface area contributed by atoms with Crippen LogP contribution < -0.4 is 10.5 Å². The van der Waals surface area contributed by atoms with E-state index in [0.717, 1.165) is 0 Å². The van der Waals surface area contributed by atoms with Crippen LogP contribution in [0.1, 0.15) is 26.3 Å². The lowest BCUT2D eigenvalue weighted by Gasteiger charge is -2.25. The van der Waals surface area contributed by atoms with Gasteiger partial charge in [-0.25, -0.2) is 13.1 Å². The summed E-state index contributed by atoms with van der Waals surface area (Å²) < 4.78 is 32.2. The second-order valence-electron chi connectivity index (χ2n) is 4.88. The second-order valence-corrected chi connectivity index (χ2v) is 6.62. The normalized spacial score (nSPS) is 12.1. The number of nitrogens with zero attached hydrogens (tertiary/aromatic N) is 1. The van der Waals surface area contributed by atoms with E-state index in [1.807, 2.05) is 13.0 Å². The summed E-state index contributed by atoms with van der Waals surface area (Å²) >= 11 is 0. The van der Waals surface area contributed by atoms with Crippen molar-refractivity contribution in [2.24, 2.45) is 0 Å². The minimum atomic E-state index is -3.73. The van der Waals surface area contributed by atoms with Gasteiger partial charge in [0.1, 0.15) is 4.90 Å². The van der Waals surface area contributed by atoms with E-state index in [9.17, 15) is 8.42 Å². The van der Waals surface area contributed by atoms with Crippen molar-refractivity contribution >= 4 is 15.7 Å². The number of hydrogen-bond donors (Lipinski definition) is 2. The molecule has 7 heteroatoms. The van der Waals surface area contributed by atoms with Crippen LogP contribution in [0.2, 0.25) is 0 Å². The summed E-state index contributed by atoms with van der Waals surface area (Å²) in [5.41, 5.74) is 5.43. The van der Waals surface area contributed by atoms with E-state index < -0.39 is 15.6 Å². The molecule has 0 atom stereocenters. The number of benzene rings is 1. The fraction of sp³-hybridized carbons (Fsp3) is 0.462.